The molecule has 0 amide bonds. The highest BCUT2D eigenvalue weighted by molar-refractivity contribution is 7.99. The number of hydrogen-bond donors (Lipinski definition) is 2. The lowest BCUT2D eigenvalue weighted by Gasteiger charge is -2.11. The van der Waals surface area contributed by atoms with E-state index in [0.29, 0.717) is 0 Å². The van der Waals surface area contributed by atoms with E-state index in [2.05, 4.69) is 73.2 Å². The molecule has 0 unspecified atom stereocenters. The summed E-state index contributed by atoms with van der Waals surface area (Å²) in [7, 11) is 0. The number of rotatable bonds is 7. The second-order valence-electron chi connectivity index (χ2n) is 4.17. The minimum absolute atomic E-state index is 1.08. The Morgan fingerprint density at radius 3 is 1.60 bits per heavy atom. The fourth-order valence-electron chi connectivity index (χ4n) is 1.80. The zero-order valence-electron chi connectivity index (χ0n) is 11.8. The molecule has 4 heteroatoms. The van der Waals surface area contributed by atoms with Gasteiger partial charge in [0.1, 0.15) is 0 Å². The van der Waals surface area contributed by atoms with Gasteiger partial charge >= 0.3 is 0 Å². The third kappa shape index (κ3) is 4.69. The van der Waals surface area contributed by atoms with Crippen LogP contribution in [0.4, 0.5) is 11.4 Å². The quantitative estimate of drug-likeness (QED) is 0.532. The summed E-state index contributed by atoms with van der Waals surface area (Å²) >= 11 is 3.70. The molecule has 2 rings (SSSR count). The summed E-state index contributed by atoms with van der Waals surface area (Å²) in [6.45, 7) is 4.33. The highest BCUT2D eigenvalue weighted by Crippen LogP contribution is 2.23. The van der Waals surface area contributed by atoms with Crippen LogP contribution in [-0.2, 0) is 0 Å². The monoisotopic (exact) mass is 304 g/mol. The van der Waals surface area contributed by atoms with Gasteiger partial charge in [-0.3, -0.25) is 0 Å². The smallest absolute Gasteiger partial charge is 0.0551 e. The van der Waals surface area contributed by atoms with Crippen LogP contribution in [0.5, 0.6) is 0 Å². The Bertz CT molecular complexity index is 494. The zero-order valence-corrected chi connectivity index (χ0v) is 13.5. The SMILES string of the molecule is CCSc1cccc(NNc2cccc(SCC)c2)c1. The summed E-state index contributed by atoms with van der Waals surface area (Å²) in [6, 6.07) is 16.9. The summed E-state index contributed by atoms with van der Waals surface area (Å²) in [5.41, 5.74) is 8.67. The van der Waals surface area contributed by atoms with Gasteiger partial charge in [-0.25, -0.2) is 0 Å². The van der Waals surface area contributed by atoms with E-state index in [1.807, 2.05) is 23.5 Å². The molecule has 0 heterocycles. The van der Waals surface area contributed by atoms with Gasteiger partial charge in [-0.05, 0) is 47.9 Å². The molecule has 0 spiro atoms. The van der Waals surface area contributed by atoms with Crippen molar-refractivity contribution < 1.29 is 0 Å². The first-order chi connectivity index (χ1) is 9.81. The Morgan fingerprint density at radius 1 is 0.750 bits per heavy atom. The van der Waals surface area contributed by atoms with Crippen molar-refractivity contribution in [1.82, 2.24) is 0 Å². The van der Waals surface area contributed by atoms with E-state index in [4.69, 9.17) is 0 Å². The Labute approximate surface area is 129 Å². The van der Waals surface area contributed by atoms with Crippen LogP contribution in [0.2, 0.25) is 0 Å². The van der Waals surface area contributed by atoms with E-state index in [1.54, 1.807) is 0 Å². The van der Waals surface area contributed by atoms with Crippen molar-refractivity contribution >= 4 is 34.9 Å². The molecule has 0 aliphatic rings. The van der Waals surface area contributed by atoms with Gasteiger partial charge in [0, 0.05) is 9.79 Å². The Hall–Kier alpha value is -1.26. The van der Waals surface area contributed by atoms with E-state index in [1.165, 1.54) is 9.79 Å². The molecule has 0 bridgehead atoms. The van der Waals surface area contributed by atoms with Gasteiger partial charge < -0.3 is 10.9 Å². The van der Waals surface area contributed by atoms with Crippen molar-refractivity contribution in [3.05, 3.63) is 48.5 Å². The predicted octanol–water partition coefficient (Wildman–Crippen LogP) is 5.35. The first-order valence-corrected chi connectivity index (χ1v) is 8.76. The normalized spacial score (nSPS) is 10.3. The Balaban J connectivity index is 1.97. The van der Waals surface area contributed by atoms with Crippen LogP contribution >= 0.6 is 23.5 Å². The maximum atomic E-state index is 3.26. The number of nitrogens with one attached hydrogen (secondary N) is 2. The van der Waals surface area contributed by atoms with Crippen molar-refractivity contribution in [2.75, 3.05) is 22.4 Å². The van der Waals surface area contributed by atoms with E-state index in [-0.39, 0.29) is 0 Å². The van der Waals surface area contributed by atoms with Gasteiger partial charge in [0.15, 0.2) is 0 Å². The highest BCUT2D eigenvalue weighted by atomic mass is 32.2. The van der Waals surface area contributed by atoms with E-state index >= 15 is 0 Å². The molecule has 0 saturated heterocycles. The summed E-state index contributed by atoms with van der Waals surface area (Å²) in [5.74, 6) is 2.18. The third-order valence-corrected chi connectivity index (χ3v) is 4.39. The van der Waals surface area contributed by atoms with E-state index < -0.39 is 0 Å². The molecule has 20 heavy (non-hydrogen) atoms. The summed E-state index contributed by atoms with van der Waals surface area (Å²) in [4.78, 5) is 2.57. The topological polar surface area (TPSA) is 24.1 Å². The van der Waals surface area contributed by atoms with Crippen LogP contribution in [0, 0.1) is 0 Å². The lowest BCUT2D eigenvalue weighted by Crippen LogP contribution is -2.08. The first kappa shape index (κ1) is 15.1. The van der Waals surface area contributed by atoms with Gasteiger partial charge in [-0.15, -0.1) is 23.5 Å². The highest BCUT2D eigenvalue weighted by Gasteiger charge is 1.97. The second kappa shape index (κ2) is 8.12. The van der Waals surface area contributed by atoms with Crippen LogP contribution in [0.25, 0.3) is 0 Å². The van der Waals surface area contributed by atoms with Crippen LogP contribution in [0.15, 0.2) is 58.3 Å². The third-order valence-electron chi connectivity index (χ3n) is 2.64. The van der Waals surface area contributed by atoms with Crippen molar-refractivity contribution in [3.8, 4) is 0 Å². The lowest BCUT2D eigenvalue weighted by molar-refractivity contribution is 1.34. The molecule has 0 aromatic heterocycles. The number of anilines is 2. The zero-order chi connectivity index (χ0) is 14.2. The Morgan fingerprint density at radius 2 is 1.20 bits per heavy atom. The molecule has 0 saturated carbocycles. The Kier molecular flexibility index (Phi) is 6.15. The summed E-state index contributed by atoms with van der Waals surface area (Å²) in [5, 5.41) is 0. The standard InChI is InChI=1S/C16H20N2S2/c1-3-19-15-9-5-7-13(11-15)17-18-14-8-6-10-16(12-14)20-4-2/h5-12,17-18H,3-4H2,1-2H3. The fraction of sp³-hybridized carbons (Fsp3) is 0.250. The van der Waals surface area contributed by atoms with Gasteiger partial charge in [0.2, 0.25) is 0 Å². The van der Waals surface area contributed by atoms with Crippen LogP contribution in [0.3, 0.4) is 0 Å². The molecule has 0 fully saturated rings. The van der Waals surface area contributed by atoms with Crippen molar-refractivity contribution in [1.29, 1.82) is 0 Å². The molecule has 2 aromatic rings. The average molecular weight is 304 g/mol. The number of thioether (sulfide) groups is 2. The van der Waals surface area contributed by atoms with Crippen LogP contribution < -0.4 is 10.9 Å². The molecular weight excluding hydrogens is 284 g/mol. The summed E-state index contributed by atoms with van der Waals surface area (Å²) in [6.07, 6.45) is 0. The predicted molar refractivity (Wildman–Crippen MR) is 92.9 cm³/mol. The molecular formula is C16H20N2S2. The van der Waals surface area contributed by atoms with Crippen molar-refractivity contribution in [2.24, 2.45) is 0 Å². The number of hydrogen-bond acceptors (Lipinski definition) is 4. The van der Waals surface area contributed by atoms with Crippen LogP contribution in [-0.4, -0.2) is 11.5 Å². The summed E-state index contributed by atoms with van der Waals surface area (Å²) < 4.78 is 0. The maximum absolute atomic E-state index is 3.26. The van der Waals surface area contributed by atoms with Gasteiger partial charge in [0.05, 0.1) is 11.4 Å². The minimum Gasteiger partial charge on any atom is -0.301 e. The molecule has 2 nitrogen and oxygen atoms in total. The van der Waals surface area contributed by atoms with Crippen molar-refractivity contribution in [3.63, 3.8) is 0 Å². The molecule has 0 aliphatic heterocycles. The van der Waals surface area contributed by atoms with Gasteiger partial charge in [-0.1, -0.05) is 26.0 Å². The molecule has 0 aliphatic carbocycles. The molecule has 0 atom stereocenters. The van der Waals surface area contributed by atoms with Gasteiger partial charge in [-0.2, -0.15) is 0 Å². The van der Waals surface area contributed by atoms with E-state index in [0.717, 1.165) is 22.9 Å². The number of benzene rings is 2. The van der Waals surface area contributed by atoms with Crippen LogP contribution in [0.1, 0.15) is 13.8 Å². The molecule has 2 aromatic carbocycles. The second-order valence-corrected chi connectivity index (χ2v) is 6.85. The maximum Gasteiger partial charge on any atom is 0.0551 e. The van der Waals surface area contributed by atoms with Gasteiger partial charge in [0.25, 0.3) is 0 Å². The first-order valence-electron chi connectivity index (χ1n) is 6.79. The number of hydrazine groups is 1. The molecule has 2 N–H and O–H groups in total. The minimum atomic E-state index is 1.08. The lowest BCUT2D eigenvalue weighted by atomic mass is 10.3. The largest absolute Gasteiger partial charge is 0.301 e. The van der Waals surface area contributed by atoms with Crippen molar-refractivity contribution in [2.45, 2.75) is 23.6 Å². The molecule has 0 radical (unpaired) electrons. The fourth-order valence-corrected chi connectivity index (χ4v) is 3.24. The molecule has 106 valence electrons. The van der Waals surface area contributed by atoms with E-state index in [9.17, 15) is 0 Å². The average Bonchev–Trinajstić information content (AvgIpc) is 2.47.